The van der Waals surface area contributed by atoms with Gasteiger partial charge in [0, 0.05) is 4.47 Å². The van der Waals surface area contributed by atoms with Crippen molar-refractivity contribution in [2.45, 2.75) is 4.90 Å². The topological polar surface area (TPSA) is 94.4 Å². The molecule has 9 heteroatoms. The normalized spacial score (nSPS) is 13.2. The third-order valence-corrected chi connectivity index (χ3v) is 5.26. The second-order valence-corrected chi connectivity index (χ2v) is 7.78. The largest absolute Gasteiger partial charge is 0.366 e. The van der Waals surface area contributed by atoms with E-state index in [2.05, 4.69) is 30.5 Å². The van der Waals surface area contributed by atoms with Crippen LogP contribution >= 0.6 is 15.9 Å². The quantitative estimate of drug-likeness (QED) is 0.383. The summed E-state index contributed by atoms with van der Waals surface area (Å²) in [7, 11) is -3.99. The number of oxime groups is 2. The third-order valence-electron chi connectivity index (χ3n) is 3.45. The van der Waals surface area contributed by atoms with E-state index in [0.717, 1.165) is 0 Å². The summed E-state index contributed by atoms with van der Waals surface area (Å²) in [6, 6.07) is 14.5. The molecule has 0 bridgehead atoms. The smallest absolute Gasteiger partial charge is 0.312 e. The fourth-order valence-corrected chi connectivity index (χ4v) is 3.27. The van der Waals surface area contributed by atoms with Crippen molar-refractivity contribution in [2.24, 2.45) is 10.3 Å². The molecule has 0 fully saturated rings. The Balaban J connectivity index is 1.62. The van der Waals surface area contributed by atoms with E-state index in [-0.39, 0.29) is 10.6 Å². The molecule has 0 unspecified atom stereocenters. The molecule has 1 aliphatic carbocycles. The van der Waals surface area contributed by atoms with Gasteiger partial charge in [-0.05, 0) is 64.5 Å². The fourth-order valence-electron chi connectivity index (χ4n) is 2.07. The zero-order valence-electron chi connectivity index (χ0n) is 14.2. The average Bonchev–Trinajstić information content (AvgIpc) is 2.72. The summed E-state index contributed by atoms with van der Waals surface area (Å²) in [5.41, 5.74) is 0.957. The van der Waals surface area contributed by atoms with Crippen LogP contribution in [0.3, 0.4) is 0 Å². The molecule has 0 aromatic heterocycles. The molecule has 7 nitrogen and oxygen atoms in total. The minimum Gasteiger partial charge on any atom is -0.312 e. The molecule has 1 aliphatic rings. The molecule has 0 heterocycles. The predicted octanol–water partition coefficient (Wildman–Crippen LogP) is 3.85. The molecule has 0 saturated carbocycles. The summed E-state index contributed by atoms with van der Waals surface area (Å²) in [5.74, 6) is -0.612. The van der Waals surface area contributed by atoms with Crippen LogP contribution in [0.5, 0.6) is 0 Å². The summed E-state index contributed by atoms with van der Waals surface area (Å²) in [6.45, 7) is 0. The molecular weight excluding hydrogens is 448 g/mol. The second kappa shape index (κ2) is 8.77. The van der Waals surface area contributed by atoms with E-state index in [9.17, 15) is 13.2 Å². The van der Waals surface area contributed by atoms with Crippen molar-refractivity contribution in [2.75, 3.05) is 0 Å². The minimum atomic E-state index is -3.99. The third kappa shape index (κ3) is 5.02. The van der Waals surface area contributed by atoms with Crippen molar-refractivity contribution < 1.29 is 22.3 Å². The molecule has 142 valence electrons. The molecular formula is C19H13BrN2O5S. The van der Waals surface area contributed by atoms with E-state index in [1.165, 1.54) is 36.4 Å². The van der Waals surface area contributed by atoms with Crippen molar-refractivity contribution in [3.63, 3.8) is 0 Å². The first-order valence-electron chi connectivity index (χ1n) is 7.92. The molecule has 0 aliphatic heterocycles. The number of hydrogen-bond acceptors (Lipinski definition) is 7. The first-order chi connectivity index (χ1) is 13.5. The van der Waals surface area contributed by atoms with Gasteiger partial charge in [0.05, 0.1) is 5.56 Å². The monoisotopic (exact) mass is 460 g/mol. The molecule has 0 spiro atoms. The predicted molar refractivity (Wildman–Crippen MR) is 107 cm³/mol. The molecule has 3 rings (SSSR count). The summed E-state index contributed by atoms with van der Waals surface area (Å²) >= 11 is 3.26. The van der Waals surface area contributed by atoms with Crippen LogP contribution in [0.2, 0.25) is 0 Å². The van der Waals surface area contributed by atoms with Crippen molar-refractivity contribution in [1.29, 1.82) is 0 Å². The lowest BCUT2D eigenvalue weighted by Crippen LogP contribution is -2.07. The van der Waals surface area contributed by atoms with Gasteiger partial charge in [-0.25, -0.2) is 4.79 Å². The van der Waals surface area contributed by atoms with Gasteiger partial charge in [0.15, 0.2) is 0 Å². The highest BCUT2D eigenvalue weighted by molar-refractivity contribution is 9.10. The molecule has 28 heavy (non-hydrogen) atoms. The first-order valence-corrected chi connectivity index (χ1v) is 10.1. The maximum Gasteiger partial charge on any atom is 0.366 e. The van der Waals surface area contributed by atoms with E-state index in [0.29, 0.717) is 15.7 Å². The SMILES string of the molecule is O=C(ON=C1C=CC(=NOS(=O)(=O)c2ccccc2)C=C1)c1ccccc1Br. The van der Waals surface area contributed by atoms with Crippen molar-refractivity contribution in [1.82, 2.24) is 0 Å². The zero-order chi connectivity index (χ0) is 20.0. The van der Waals surface area contributed by atoms with Gasteiger partial charge in [0.2, 0.25) is 0 Å². The number of benzene rings is 2. The number of nitrogens with zero attached hydrogens (tertiary/aromatic N) is 2. The maximum absolute atomic E-state index is 12.0. The molecule has 0 atom stereocenters. The Morgan fingerprint density at radius 1 is 0.821 bits per heavy atom. The van der Waals surface area contributed by atoms with Crippen molar-refractivity contribution >= 4 is 43.4 Å². The Morgan fingerprint density at radius 2 is 1.39 bits per heavy atom. The van der Waals surface area contributed by atoms with Crippen molar-refractivity contribution in [3.05, 3.63) is 88.9 Å². The molecule has 2 aromatic rings. The minimum absolute atomic E-state index is 0.00403. The lowest BCUT2D eigenvalue weighted by atomic mass is 10.1. The van der Waals surface area contributed by atoms with Crippen LogP contribution in [-0.2, 0) is 19.2 Å². The Hall–Kier alpha value is -3.04. The standard InChI is InChI=1S/C19H13BrN2O5S/c20-18-9-5-4-8-17(18)19(23)26-21-14-10-12-15(13-11-14)22-27-28(24,25)16-6-2-1-3-7-16/h1-13H. The summed E-state index contributed by atoms with van der Waals surface area (Å²) in [6.07, 6.45) is 5.96. The number of hydrogen-bond donors (Lipinski definition) is 0. The summed E-state index contributed by atoms with van der Waals surface area (Å²) in [4.78, 5) is 16.9. The van der Waals surface area contributed by atoms with E-state index >= 15 is 0 Å². The van der Waals surface area contributed by atoms with Gasteiger partial charge in [-0.2, -0.15) is 8.42 Å². The van der Waals surface area contributed by atoms with Crippen LogP contribution < -0.4 is 0 Å². The molecule has 0 amide bonds. The Kier molecular flexibility index (Phi) is 6.17. The number of halogens is 1. The second-order valence-electron chi connectivity index (χ2n) is 5.40. The molecule has 0 saturated heterocycles. The molecule has 2 aromatic carbocycles. The summed E-state index contributed by atoms with van der Waals surface area (Å²) < 4.78 is 29.3. The number of allylic oxidation sites excluding steroid dienone is 4. The van der Waals surface area contributed by atoms with Gasteiger partial charge >= 0.3 is 16.1 Å². The van der Waals surface area contributed by atoms with Gasteiger partial charge in [0.25, 0.3) is 0 Å². The van der Waals surface area contributed by atoms with Crippen LogP contribution in [0.4, 0.5) is 0 Å². The highest BCUT2D eigenvalue weighted by atomic mass is 79.9. The van der Waals surface area contributed by atoms with Gasteiger partial charge in [0.1, 0.15) is 16.3 Å². The molecule has 0 radical (unpaired) electrons. The van der Waals surface area contributed by atoms with Crippen molar-refractivity contribution in [3.8, 4) is 0 Å². The van der Waals surface area contributed by atoms with Crippen LogP contribution in [0.25, 0.3) is 0 Å². The fraction of sp³-hybridized carbons (Fsp3) is 0. The lowest BCUT2D eigenvalue weighted by molar-refractivity contribution is 0.0516. The average molecular weight is 461 g/mol. The molecule has 0 N–H and O–H groups in total. The van der Waals surface area contributed by atoms with E-state index in [1.54, 1.807) is 42.5 Å². The van der Waals surface area contributed by atoms with Gasteiger partial charge in [-0.15, -0.1) is 0 Å². The zero-order valence-corrected chi connectivity index (χ0v) is 16.6. The Bertz CT molecular complexity index is 1090. The summed E-state index contributed by atoms with van der Waals surface area (Å²) in [5, 5.41) is 7.36. The lowest BCUT2D eigenvalue weighted by Gasteiger charge is -2.04. The first kappa shape index (κ1) is 19.7. The van der Waals surface area contributed by atoms with Crippen LogP contribution in [0.15, 0.2) is 98.6 Å². The Labute approximate surface area is 169 Å². The van der Waals surface area contributed by atoms with Gasteiger partial charge in [-0.1, -0.05) is 40.6 Å². The highest BCUT2D eigenvalue weighted by Crippen LogP contribution is 2.17. The van der Waals surface area contributed by atoms with Gasteiger partial charge in [-0.3, -0.25) is 4.28 Å². The van der Waals surface area contributed by atoms with Crippen LogP contribution in [0.1, 0.15) is 10.4 Å². The van der Waals surface area contributed by atoms with Crippen LogP contribution in [-0.4, -0.2) is 25.8 Å². The number of carbonyl (C=O) groups is 1. The Morgan fingerprint density at radius 3 is 2.04 bits per heavy atom. The number of rotatable bonds is 5. The number of carbonyl (C=O) groups excluding carboxylic acids is 1. The van der Waals surface area contributed by atoms with Crippen LogP contribution in [0, 0.1) is 0 Å². The maximum atomic E-state index is 12.0. The van der Waals surface area contributed by atoms with E-state index < -0.39 is 16.1 Å². The van der Waals surface area contributed by atoms with Gasteiger partial charge < -0.3 is 4.84 Å². The highest BCUT2D eigenvalue weighted by Gasteiger charge is 2.15. The van der Waals surface area contributed by atoms with E-state index in [4.69, 9.17) is 4.84 Å². The van der Waals surface area contributed by atoms with E-state index in [1.807, 2.05) is 0 Å².